The molecule has 0 aliphatic carbocycles. The topological polar surface area (TPSA) is 74.8 Å². The summed E-state index contributed by atoms with van der Waals surface area (Å²) in [5.74, 6) is -2.38. The van der Waals surface area contributed by atoms with Crippen molar-refractivity contribution in [1.29, 1.82) is 0 Å². The summed E-state index contributed by atoms with van der Waals surface area (Å²) in [6.45, 7) is 0. The van der Waals surface area contributed by atoms with Gasteiger partial charge in [-0.3, -0.25) is 9.82 Å². The first-order chi connectivity index (χ1) is 8.00. The second-order valence-corrected chi connectivity index (χ2v) is 4.78. The molecular weight excluding hydrogens is 252 g/mol. The number of sulfonamides is 1. The number of nitrogens with one attached hydrogen (secondary N) is 2. The van der Waals surface area contributed by atoms with E-state index >= 15 is 0 Å². The Kier molecular flexibility index (Phi) is 2.80. The van der Waals surface area contributed by atoms with Crippen LogP contribution >= 0.6 is 0 Å². The highest BCUT2D eigenvalue weighted by Gasteiger charge is 2.18. The summed E-state index contributed by atoms with van der Waals surface area (Å²) in [5.41, 5.74) is -0.459. The Bertz CT molecular complexity index is 626. The van der Waals surface area contributed by atoms with Gasteiger partial charge in [0.1, 0.15) is 0 Å². The van der Waals surface area contributed by atoms with Gasteiger partial charge in [0.05, 0.1) is 11.9 Å². The van der Waals surface area contributed by atoms with E-state index in [4.69, 9.17) is 0 Å². The fraction of sp³-hybridized carbons (Fsp3) is 0. The van der Waals surface area contributed by atoms with E-state index in [-0.39, 0.29) is 5.03 Å². The molecule has 0 bridgehead atoms. The summed E-state index contributed by atoms with van der Waals surface area (Å²) in [6, 6.07) is 4.40. The van der Waals surface area contributed by atoms with Crippen LogP contribution in [0.25, 0.3) is 0 Å². The first-order valence-electron chi connectivity index (χ1n) is 4.47. The smallest absolute Gasteiger partial charge is 0.275 e. The normalized spacial score (nSPS) is 11.4. The third-order valence-electron chi connectivity index (χ3n) is 1.96. The zero-order valence-electron chi connectivity index (χ0n) is 8.31. The summed E-state index contributed by atoms with van der Waals surface area (Å²) >= 11 is 0. The van der Waals surface area contributed by atoms with Gasteiger partial charge < -0.3 is 0 Å². The predicted octanol–water partition coefficient (Wildman–Crippen LogP) is 1.49. The molecule has 0 spiro atoms. The molecule has 5 nitrogen and oxygen atoms in total. The zero-order chi connectivity index (χ0) is 12.5. The molecule has 8 heteroatoms. The van der Waals surface area contributed by atoms with Gasteiger partial charge in [-0.05, 0) is 18.2 Å². The third-order valence-corrected chi connectivity index (χ3v) is 3.26. The molecule has 0 fully saturated rings. The van der Waals surface area contributed by atoms with Crippen molar-refractivity contribution in [1.82, 2.24) is 10.2 Å². The van der Waals surface area contributed by atoms with E-state index in [9.17, 15) is 17.2 Å². The van der Waals surface area contributed by atoms with Crippen LogP contribution in [0.4, 0.5) is 14.5 Å². The van der Waals surface area contributed by atoms with Crippen molar-refractivity contribution in [2.75, 3.05) is 4.72 Å². The van der Waals surface area contributed by atoms with E-state index in [1.165, 1.54) is 18.3 Å². The van der Waals surface area contributed by atoms with Gasteiger partial charge in [-0.2, -0.15) is 13.5 Å². The lowest BCUT2D eigenvalue weighted by molar-refractivity contribution is 0.511. The number of rotatable bonds is 3. The standard InChI is InChI=1S/C9H7F2N3O2S/c10-6-2-1-3-7(9(6)11)14-17(15,16)8-4-5-12-13-8/h1-5,14H,(H,12,13). The lowest BCUT2D eigenvalue weighted by atomic mass is 10.3. The predicted molar refractivity (Wildman–Crippen MR) is 55.8 cm³/mol. The molecule has 0 atom stereocenters. The molecule has 90 valence electrons. The maximum absolute atomic E-state index is 13.2. The van der Waals surface area contributed by atoms with E-state index in [0.717, 1.165) is 12.1 Å². The van der Waals surface area contributed by atoms with Crippen molar-refractivity contribution < 1.29 is 17.2 Å². The van der Waals surface area contributed by atoms with Crippen molar-refractivity contribution in [2.24, 2.45) is 0 Å². The lowest BCUT2D eigenvalue weighted by Gasteiger charge is -2.07. The Morgan fingerprint density at radius 2 is 2.00 bits per heavy atom. The minimum absolute atomic E-state index is 0.235. The minimum Gasteiger partial charge on any atom is -0.275 e. The van der Waals surface area contributed by atoms with Crippen LogP contribution in [0.15, 0.2) is 35.5 Å². The van der Waals surface area contributed by atoms with Crippen LogP contribution in [0.1, 0.15) is 0 Å². The first kappa shape index (κ1) is 11.5. The van der Waals surface area contributed by atoms with Gasteiger partial charge in [0.15, 0.2) is 16.7 Å². The summed E-state index contributed by atoms with van der Waals surface area (Å²) in [5, 5.41) is 5.44. The highest BCUT2D eigenvalue weighted by Crippen LogP contribution is 2.19. The molecule has 1 heterocycles. The summed E-state index contributed by atoms with van der Waals surface area (Å²) in [4.78, 5) is 0. The molecule has 1 aromatic heterocycles. The number of hydrogen-bond acceptors (Lipinski definition) is 3. The van der Waals surface area contributed by atoms with Gasteiger partial charge >= 0.3 is 0 Å². The molecule has 0 saturated carbocycles. The minimum atomic E-state index is -3.98. The fourth-order valence-corrected chi connectivity index (χ4v) is 2.15. The number of halogens is 2. The summed E-state index contributed by atoms with van der Waals surface area (Å²) < 4.78 is 51.3. The Labute approximate surface area is 95.5 Å². The Balaban J connectivity index is 2.37. The first-order valence-corrected chi connectivity index (χ1v) is 5.95. The number of aromatic amines is 1. The van der Waals surface area contributed by atoms with Crippen LogP contribution < -0.4 is 4.72 Å². The molecule has 0 saturated heterocycles. The van der Waals surface area contributed by atoms with Gasteiger partial charge in [-0.15, -0.1) is 0 Å². The van der Waals surface area contributed by atoms with Crippen molar-refractivity contribution in [3.8, 4) is 0 Å². The van der Waals surface area contributed by atoms with Crippen LogP contribution in [0.3, 0.4) is 0 Å². The van der Waals surface area contributed by atoms with Crippen LogP contribution in [-0.4, -0.2) is 18.6 Å². The number of aromatic nitrogens is 2. The maximum atomic E-state index is 13.2. The molecule has 1 aromatic carbocycles. The summed E-state index contributed by atoms with van der Waals surface area (Å²) in [7, 11) is -3.98. The number of H-pyrrole nitrogens is 1. The van der Waals surface area contributed by atoms with E-state index in [2.05, 4.69) is 10.2 Å². The third kappa shape index (κ3) is 2.26. The highest BCUT2D eigenvalue weighted by molar-refractivity contribution is 7.92. The van der Waals surface area contributed by atoms with Gasteiger partial charge in [0.25, 0.3) is 10.0 Å². The van der Waals surface area contributed by atoms with Gasteiger partial charge in [0, 0.05) is 0 Å². The molecule has 2 N–H and O–H groups in total. The molecule has 0 aliphatic rings. The quantitative estimate of drug-likeness (QED) is 0.876. The molecule has 0 aliphatic heterocycles. The monoisotopic (exact) mass is 259 g/mol. The van der Waals surface area contributed by atoms with Gasteiger partial charge in [0.2, 0.25) is 0 Å². The zero-order valence-corrected chi connectivity index (χ0v) is 9.13. The van der Waals surface area contributed by atoms with E-state index in [0.29, 0.717) is 0 Å². The van der Waals surface area contributed by atoms with Crippen molar-refractivity contribution >= 4 is 15.7 Å². The number of hydrogen-bond donors (Lipinski definition) is 2. The number of benzene rings is 1. The molecule has 0 unspecified atom stereocenters. The van der Waals surface area contributed by atoms with Crippen LogP contribution in [-0.2, 0) is 10.0 Å². The van der Waals surface area contributed by atoms with Crippen LogP contribution in [0.5, 0.6) is 0 Å². The Hall–Kier alpha value is -1.96. The lowest BCUT2D eigenvalue weighted by Crippen LogP contribution is -2.14. The molecule has 2 rings (SSSR count). The van der Waals surface area contributed by atoms with Crippen molar-refractivity contribution in [3.63, 3.8) is 0 Å². The Morgan fingerprint density at radius 3 is 2.65 bits per heavy atom. The Morgan fingerprint density at radius 1 is 1.24 bits per heavy atom. The molecule has 2 aromatic rings. The average Bonchev–Trinajstić information content (AvgIpc) is 2.78. The molecular formula is C9H7F2N3O2S. The average molecular weight is 259 g/mol. The molecule has 0 amide bonds. The van der Waals surface area contributed by atoms with E-state index in [1.807, 2.05) is 4.72 Å². The van der Waals surface area contributed by atoms with Crippen molar-refractivity contribution in [3.05, 3.63) is 42.1 Å². The van der Waals surface area contributed by atoms with E-state index in [1.54, 1.807) is 0 Å². The van der Waals surface area contributed by atoms with E-state index < -0.39 is 27.3 Å². The van der Waals surface area contributed by atoms with Gasteiger partial charge in [-0.25, -0.2) is 8.78 Å². The largest absolute Gasteiger partial charge is 0.278 e. The van der Waals surface area contributed by atoms with Crippen LogP contribution in [0, 0.1) is 11.6 Å². The highest BCUT2D eigenvalue weighted by atomic mass is 32.2. The molecule has 17 heavy (non-hydrogen) atoms. The van der Waals surface area contributed by atoms with Crippen LogP contribution in [0.2, 0.25) is 0 Å². The fourth-order valence-electron chi connectivity index (χ4n) is 1.18. The second kappa shape index (κ2) is 4.13. The maximum Gasteiger partial charge on any atom is 0.278 e. The SMILES string of the molecule is O=S(=O)(Nc1cccc(F)c1F)c1ccn[nH]1. The summed E-state index contributed by atoms with van der Waals surface area (Å²) in [6.07, 6.45) is 1.23. The second-order valence-electron chi connectivity index (χ2n) is 3.13. The molecule has 0 radical (unpaired) electrons. The number of anilines is 1. The number of nitrogens with zero attached hydrogens (tertiary/aromatic N) is 1. The van der Waals surface area contributed by atoms with Gasteiger partial charge in [-0.1, -0.05) is 6.07 Å². The van der Waals surface area contributed by atoms with Crippen molar-refractivity contribution in [2.45, 2.75) is 5.03 Å².